The highest BCUT2D eigenvalue weighted by atomic mass is 16.5. The molecule has 5 nitrogen and oxygen atoms in total. The van der Waals surface area contributed by atoms with Crippen molar-refractivity contribution in [3.8, 4) is 11.5 Å². The van der Waals surface area contributed by atoms with Crippen molar-refractivity contribution in [2.75, 3.05) is 33.4 Å². The number of ketones is 1. The number of aliphatic hydroxyl groups excluding tert-OH is 1. The quantitative estimate of drug-likeness (QED) is 0.687. The summed E-state index contributed by atoms with van der Waals surface area (Å²) >= 11 is 0. The second kappa shape index (κ2) is 9.90. The Labute approximate surface area is 173 Å². The third kappa shape index (κ3) is 5.37. The van der Waals surface area contributed by atoms with E-state index in [1.807, 2.05) is 44.2 Å². The van der Waals surface area contributed by atoms with Gasteiger partial charge in [0.05, 0.1) is 13.7 Å². The van der Waals surface area contributed by atoms with Gasteiger partial charge in [-0.2, -0.15) is 0 Å². The highest BCUT2D eigenvalue weighted by Gasteiger charge is 2.27. The largest absolute Gasteiger partial charge is 0.496 e. The van der Waals surface area contributed by atoms with E-state index in [4.69, 9.17) is 14.6 Å². The number of nitrogens with zero attached hydrogens (tertiary/aromatic N) is 1. The first-order chi connectivity index (χ1) is 14.0. The van der Waals surface area contributed by atoms with Crippen LogP contribution in [0.2, 0.25) is 0 Å². The summed E-state index contributed by atoms with van der Waals surface area (Å²) in [5.41, 5.74) is 3.95. The van der Waals surface area contributed by atoms with Crippen molar-refractivity contribution in [2.45, 2.75) is 33.2 Å². The van der Waals surface area contributed by atoms with Gasteiger partial charge in [0, 0.05) is 24.6 Å². The fraction of sp³-hybridized carbons (Fsp3) is 0.458. The van der Waals surface area contributed by atoms with Gasteiger partial charge in [-0.25, -0.2) is 0 Å². The maximum Gasteiger partial charge on any atom is 0.167 e. The Balaban J connectivity index is 1.67. The van der Waals surface area contributed by atoms with Gasteiger partial charge in [-0.1, -0.05) is 12.1 Å². The van der Waals surface area contributed by atoms with E-state index in [2.05, 4.69) is 11.0 Å². The van der Waals surface area contributed by atoms with Crippen molar-refractivity contribution in [3.63, 3.8) is 0 Å². The lowest BCUT2D eigenvalue weighted by Gasteiger charge is -2.32. The smallest absolute Gasteiger partial charge is 0.167 e. The van der Waals surface area contributed by atoms with Crippen LogP contribution in [0.15, 0.2) is 36.4 Å². The molecule has 0 saturated carbocycles. The molecule has 1 atom stereocenters. The average molecular weight is 398 g/mol. The Morgan fingerprint density at radius 3 is 2.66 bits per heavy atom. The number of likely N-dealkylation sites (tertiary alicyclic amines) is 1. The molecule has 29 heavy (non-hydrogen) atoms. The Morgan fingerprint density at radius 1 is 1.21 bits per heavy atom. The summed E-state index contributed by atoms with van der Waals surface area (Å²) in [6.45, 7) is 6.83. The van der Waals surface area contributed by atoms with Crippen LogP contribution in [0.25, 0.3) is 0 Å². The monoisotopic (exact) mass is 397 g/mol. The number of piperidine rings is 1. The van der Waals surface area contributed by atoms with Crippen LogP contribution in [-0.4, -0.2) is 49.2 Å². The van der Waals surface area contributed by atoms with Crippen LogP contribution in [0, 0.1) is 19.8 Å². The van der Waals surface area contributed by atoms with Crippen molar-refractivity contribution in [3.05, 3.63) is 58.7 Å². The van der Waals surface area contributed by atoms with Crippen molar-refractivity contribution < 1.29 is 19.4 Å². The lowest BCUT2D eigenvalue weighted by atomic mass is 9.88. The lowest BCUT2D eigenvalue weighted by Crippen LogP contribution is -2.38. The number of carbonyl (C=O) groups is 1. The second-order valence-corrected chi connectivity index (χ2v) is 7.80. The molecule has 0 spiro atoms. The number of aliphatic hydroxyl groups is 1. The van der Waals surface area contributed by atoms with Gasteiger partial charge in [0.2, 0.25) is 0 Å². The van der Waals surface area contributed by atoms with Gasteiger partial charge in [0.25, 0.3) is 0 Å². The number of carbonyl (C=O) groups excluding carboxylic acids is 1. The molecule has 1 unspecified atom stereocenters. The van der Waals surface area contributed by atoms with Crippen LogP contribution in [0.3, 0.4) is 0 Å². The highest BCUT2D eigenvalue weighted by molar-refractivity contribution is 5.98. The van der Waals surface area contributed by atoms with E-state index >= 15 is 0 Å². The summed E-state index contributed by atoms with van der Waals surface area (Å²) in [5, 5.41) is 8.92. The van der Waals surface area contributed by atoms with Gasteiger partial charge in [-0.05, 0) is 74.2 Å². The first kappa shape index (κ1) is 21.3. The van der Waals surface area contributed by atoms with E-state index in [9.17, 15) is 4.79 Å². The van der Waals surface area contributed by atoms with Crippen LogP contribution in [0.1, 0.15) is 39.9 Å². The van der Waals surface area contributed by atoms with Crippen LogP contribution >= 0.6 is 0 Å². The van der Waals surface area contributed by atoms with E-state index in [0.717, 1.165) is 66.2 Å². The molecule has 0 amide bonds. The zero-order valence-electron chi connectivity index (χ0n) is 17.6. The standard InChI is InChI=1S/C24H31NO4/c1-17-12-21(13-18(2)24(17)28-3)23(27)20-7-5-9-25(16-20)15-19-6-4-8-22(14-19)29-11-10-26/h4,6,8,12-14,20,26H,5,7,9-11,15-16H2,1-3H3. The Kier molecular flexibility index (Phi) is 7.29. The third-order valence-electron chi connectivity index (χ3n) is 5.49. The zero-order valence-corrected chi connectivity index (χ0v) is 17.6. The summed E-state index contributed by atoms with van der Waals surface area (Å²) in [5.74, 6) is 1.87. The lowest BCUT2D eigenvalue weighted by molar-refractivity contribution is 0.0811. The van der Waals surface area contributed by atoms with Gasteiger partial charge in [-0.3, -0.25) is 9.69 Å². The van der Waals surface area contributed by atoms with E-state index in [1.54, 1.807) is 7.11 Å². The Bertz CT molecular complexity index is 826. The summed E-state index contributed by atoms with van der Waals surface area (Å²) in [6.07, 6.45) is 1.95. The molecule has 2 aromatic carbocycles. The highest BCUT2D eigenvalue weighted by Crippen LogP contribution is 2.28. The molecule has 1 aliphatic rings. The second-order valence-electron chi connectivity index (χ2n) is 7.80. The minimum absolute atomic E-state index is 0.00442. The van der Waals surface area contributed by atoms with Gasteiger partial charge in [0.15, 0.2) is 5.78 Å². The molecular formula is C24H31NO4. The SMILES string of the molecule is COc1c(C)cc(C(=O)C2CCCN(Cc3cccc(OCCO)c3)C2)cc1C. The molecule has 0 radical (unpaired) electrons. The number of benzene rings is 2. The molecule has 1 aliphatic heterocycles. The maximum absolute atomic E-state index is 13.2. The van der Waals surface area contributed by atoms with E-state index < -0.39 is 0 Å². The molecule has 156 valence electrons. The number of Topliss-reactive ketones (excluding diaryl/α,β-unsaturated/α-hetero) is 1. The minimum atomic E-state index is 0.00442. The first-order valence-electron chi connectivity index (χ1n) is 10.3. The Morgan fingerprint density at radius 2 is 1.97 bits per heavy atom. The van der Waals surface area contributed by atoms with E-state index in [1.165, 1.54) is 0 Å². The Hall–Kier alpha value is -2.37. The van der Waals surface area contributed by atoms with Crippen LogP contribution in [0.4, 0.5) is 0 Å². The first-order valence-corrected chi connectivity index (χ1v) is 10.3. The van der Waals surface area contributed by atoms with Crippen molar-refractivity contribution in [2.24, 2.45) is 5.92 Å². The predicted octanol–water partition coefficient (Wildman–Crippen LogP) is 3.78. The van der Waals surface area contributed by atoms with Gasteiger partial charge in [-0.15, -0.1) is 0 Å². The molecule has 0 bridgehead atoms. The summed E-state index contributed by atoms with van der Waals surface area (Å²) in [7, 11) is 1.67. The van der Waals surface area contributed by atoms with Crippen molar-refractivity contribution >= 4 is 5.78 Å². The molecular weight excluding hydrogens is 366 g/mol. The fourth-order valence-corrected chi connectivity index (χ4v) is 4.22. The molecule has 1 saturated heterocycles. The normalized spacial score (nSPS) is 17.2. The maximum atomic E-state index is 13.2. The molecule has 1 heterocycles. The number of ether oxygens (including phenoxy) is 2. The van der Waals surface area contributed by atoms with Crippen LogP contribution in [0.5, 0.6) is 11.5 Å². The number of hydrogen-bond donors (Lipinski definition) is 1. The summed E-state index contributed by atoms with van der Waals surface area (Å²) in [4.78, 5) is 15.5. The third-order valence-corrected chi connectivity index (χ3v) is 5.49. The van der Waals surface area contributed by atoms with E-state index in [-0.39, 0.29) is 18.3 Å². The molecule has 0 aliphatic carbocycles. The minimum Gasteiger partial charge on any atom is -0.496 e. The molecule has 0 aromatic heterocycles. The number of methoxy groups -OCH3 is 1. The molecule has 1 N–H and O–H groups in total. The number of rotatable bonds is 8. The molecule has 1 fully saturated rings. The topological polar surface area (TPSA) is 59.0 Å². The van der Waals surface area contributed by atoms with Crippen LogP contribution < -0.4 is 9.47 Å². The molecule has 5 heteroatoms. The number of hydrogen-bond acceptors (Lipinski definition) is 5. The van der Waals surface area contributed by atoms with Gasteiger partial charge >= 0.3 is 0 Å². The molecule has 3 rings (SSSR count). The predicted molar refractivity (Wildman–Crippen MR) is 114 cm³/mol. The average Bonchev–Trinajstić information content (AvgIpc) is 2.72. The fourth-order valence-electron chi connectivity index (χ4n) is 4.22. The number of aryl methyl sites for hydroxylation is 2. The molecule has 2 aromatic rings. The zero-order chi connectivity index (χ0) is 20.8. The van der Waals surface area contributed by atoms with Crippen molar-refractivity contribution in [1.82, 2.24) is 4.90 Å². The van der Waals surface area contributed by atoms with Crippen molar-refractivity contribution in [1.29, 1.82) is 0 Å². The van der Waals surface area contributed by atoms with Gasteiger partial charge < -0.3 is 14.6 Å². The van der Waals surface area contributed by atoms with Gasteiger partial charge in [0.1, 0.15) is 18.1 Å². The van der Waals surface area contributed by atoms with Crippen LogP contribution in [-0.2, 0) is 6.54 Å². The van der Waals surface area contributed by atoms with E-state index in [0.29, 0.717) is 6.61 Å². The summed E-state index contributed by atoms with van der Waals surface area (Å²) < 4.78 is 10.9. The summed E-state index contributed by atoms with van der Waals surface area (Å²) in [6, 6.07) is 11.9.